The first kappa shape index (κ1) is 12.2. The Balaban J connectivity index is 3.33. The zero-order valence-corrected chi connectivity index (χ0v) is 9.44. The fraction of sp³-hybridized carbons (Fsp3) is 0. The summed E-state index contributed by atoms with van der Waals surface area (Å²) in [6.45, 7) is 0. The van der Waals surface area contributed by atoms with Crippen molar-refractivity contribution in [2.24, 2.45) is 0 Å². The minimum absolute atomic E-state index is 0.00874. The van der Waals surface area contributed by atoms with E-state index in [0.29, 0.717) is 0 Å². The Labute approximate surface area is 100 Å². The Morgan fingerprint density at radius 3 is 2.40 bits per heavy atom. The highest BCUT2D eigenvalue weighted by Crippen LogP contribution is 2.38. The number of aliphatic carboxylic acids is 1. The Hall–Kier alpha value is -0.900. The van der Waals surface area contributed by atoms with E-state index >= 15 is 0 Å². The molecule has 0 aliphatic heterocycles. The monoisotopic (exact) mass is 266 g/mol. The van der Waals surface area contributed by atoms with Crippen molar-refractivity contribution in [2.75, 3.05) is 0 Å². The third kappa shape index (κ3) is 2.78. The summed E-state index contributed by atoms with van der Waals surface area (Å²) in [5, 5.41) is 18.1. The molecule has 1 aromatic carbocycles. The molecule has 3 nitrogen and oxygen atoms in total. The van der Waals surface area contributed by atoms with Crippen LogP contribution in [0.15, 0.2) is 12.1 Å². The van der Waals surface area contributed by atoms with Gasteiger partial charge in [-0.1, -0.05) is 34.8 Å². The van der Waals surface area contributed by atoms with E-state index in [1.807, 2.05) is 0 Å². The number of hydrogen-bond donors (Lipinski definition) is 2. The van der Waals surface area contributed by atoms with Crippen molar-refractivity contribution in [2.45, 2.75) is 0 Å². The SMILES string of the molecule is O=C(O)C=Cc1c(O)c(Cl)cc(Cl)c1Cl. The number of hydrogen-bond acceptors (Lipinski definition) is 2. The van der Waals surface area contributed by atoms with Gasteiger partial charge in [0.05, 0.1) is 15.1 Å². The second-order valence-corrected chi connectivity index (χ2v) is 3.78. The lowest BCUT2D eigenvalue weighted by molar-refractivity contribution is -0.131. The zero-order valence-electron chi connectivity index (χ0n) is 7.17. The van der Waals surface area contributed by atoms with Crippen molar-refractivity contribution in [3.05, 3.63) is 32.8 Å². The van der Waals surface area contributed by atoms with Gasteiger partial charge in [0.15, 0.2) is 0 Å². The topological polar surface area (TPSA) is 57.5 Å². The van der Waals surface area contributed by atoms with Crippen molar-refractivity contribution in [3.8, 4) is 5.75 Å². The minimum Gasteiger partial charge on any atom is -0.506 e. The van der Waals surface area contributed by atoms with Gasteiger partial charge in [-0.2, -0.15) is 0 Å². The standard InChI is InChI=1S/C9H5Cl3O3/c10-5-3-6(11)9(15)4(8(5)12)1-2-7(13)14/h1-3,15H,(H,13,14). The summed E-state index contributed by atoms with van der Waals surface area (Å²) in [5.41, 5.74) is 0.0802. The summed E-state index contributed by atoms with van der Waals surface area (Å²) < 4.78 is 0. The lowest BCUT2D eigenvalue weighted by Crippen LogP contribution is -1.87. The van der Waals surface area contributed by atoms with E-state index < -0.39 is 5.97 Å². The Morgan fingerprint density at radius 1 is 1.27 bits per heavy atom. The van der Waals surface area contributed by atoms with Gasteiger partial charge in [0, 0.05) is 11.6 Å². The number of phenolic OH excluding ortho intramolecular Hbond substituents is 1. The van der Waals surface area contributed by atoms with Crippen LogP contribution in [0.25, 0.3) is 6.08 Å². The molecule has 1 aromatic rings. The molecular formula is C9H5Cl3O3. The van der Waals surface area contributed by atoms with Gasteiger partial charge < -0.3 is 10.2 Å². The van der Waals surface area contributed by atoms with Gasteiger partial charge in [-0.3, -0.25) is 0 Å². The van der Waals surface area contributed by atoms with Crippen LogP contribution in [0.4, 0.5) is 0 Å². The second kappa shape index (κ2) is 4.75. The lowest BCUT2D eigenvalue weighted by atomic mass is 10.2. The van der Waals surface area contributed by atoms with E-state index in [2.05, 4.69) is 0 Å². The molecule has 0 bridgehead atoms. The third-order valence-corrected chi connectivity index (χ3v) is 2.66. The smallest absolute Gasteiger partial charge is 0.328 e. The molecule has 15 heavy (non-hydrogen) atoms. The molecule has 6 heteroatoms. The van der Waals surface area contributed by atoms with Crippen LogP contribution in [0, 0.1) is 0 Å². The summed E-state index contributed by atoms with van der Waals surface area (Å²) >= 11 is 17.1. The lowest BCUT2D eigenvalue weighted by Gasteiger charge is -2.05. The van der Waals surface area contributed by atoms with Crippen molar-refractivity contribution in [1.82, 2.24) is 0 Å². The third-order valence-electron chi connectivity index (χ3n) is 1.57. The Morgan fingerprint density at radius 2 is 1.87 bits per heavy atom. The summed E-state index contributed by atoms with van der Waals surface area (Å²) in [6.07, 6.45) is 1.95. The maximum Gasteiger partial charge on any atom is 0.328 e. The molecule has 0 saturated heterocycles. The number of aromatic hydroxyl groups is 1. The quantitative estimate of drug-likeness (QED) is 0.637. The molecule has 0 amide bonds. The highest BCUT2D eigenvalue weighted by atomic mass is 35.5. The van der Waals surface area contributed by atoms with Gasteiger partial charge in [0.1, 0.15) is 5.75 Å². The minimum atomic E-state index is -1.17. The first-order chi connectivity index (χ1) is 6.93. The number of phenols is 1. The summed E-state index contributed by atoms with van der Waals surface area (Å²) in [4.78, 5) is 10.3. The fourth-order valence-corrected chi connectivity index (χ4v) is 1.60. The van der Waals surface area contributed by atoms with E-state index in [0.717, 1.165) is 12.2 Å². The number of benzene rings is 1. The highest BCUT2D eigenvalue weighted by molar-refractivity contribution is 6.44. The van der Waals surface area contributed by atoms with Crippen LogP contribution in [-0.2, 0) is 4.79 Å². The van der Waals surface area contributed by atoms with Crippen LogP contribution < -0.4 is 0 Å². The molecule has 0 aliphatic carbocycles. The number of rotatable bonds is 2. The van der Waals surface area contributed by atoms with E-state index in [1.54, 1.807) is 0 Å². The largest absolute Gasteiger partial charge is 0.506 e. The van der Waals surface area contributed by atoms with Crippen LogP contribution in [0.1, 0.15) is 5.56 Å². The van der Waals surface area contributed by atoms with Gasteiger partial charge in [-0.15, -0.1) is 0 Å². The van der Waals surface area contributed by atoms with E-state index in [1.165, 1.54) is 6.07 Å². The molecule has 0 saturated carbocycles. The van der Waals surface area contributed by atoms with Gasteiger partial charge in [-0.05, 0) is 12.1 Å². The summed E-state index contributed by atoms with van der Waals surface area (Å²) in [7, 11) is 0. The first-order valence-corrected chi connectivity index (χ1v) is 4.84. The van der Waals surface area contributed by atoms with Crippen molar-refractivity contribution in [3.63, 3.8) is 0 Å². The highest BCUT2D eigenvalue weighted by Gasteiger charge is 2.12. The maximum atomic E-state index is 10.3. The first-order valence-electron chi connectivity index (χ1n) is 3.71. The molecule has 0 heterocycles. The van der Waals surface area contributed by atoms with E-state index in [4.69, 9.17) is 39.9 Å². The molecular weight excluding hydrogens is 262 g/mol. The van der Waals surface area contributed by atoms with Gasteiger partial charge in [0.25, 0.3) is 0 Å². The summed E-state index contributed by atoms with van der Waals surface area (Å²) in [5.74, 6) is -1.47. The number of carboxylic acid groups (broad SMARTS) is 1. The normalized spacial score (nSPS) is 10.9. The maximum absolute atomic E-state index is 10.3. The molecule has 0 radical (unpaired) electrons. The van der Waals surface area contributed by atoms with Crippen molar-refractivity contribution >= 4 is 46.8 Å². The van der Waals surface area contributed by atoms with Crippen LogP contribution in [0.5, 0.6) is 5.75 Å². The van der Waals surface area contributed by atoms with Crippen LogP contribution in [-0.4, -0.2) is 16.2 Å². The number of carboxylic acids is 1. The zero-order chi connectivity index (χ0) is 11.6. The average Bonchev–Trinajstić information content (AvgIpc) is 2.14. The average molecular weight is 267 g/mol. The molecule has 0 fully saturated rings. The van der Waals surface area contributed by atoms with Crippen LogP contribution in [0.3, 0.4) is 0 Å². The van der Waals surface area contributed by atoms with E-state index in [9.17, 15) is 9.90 Å². The van der Waals surface area contributed by atoms with Gasteiger partial charge >= 0.3 is 5.97 Å². The fourth-order valence-electron chi connectivity index (χ4n) is 0.911. The van der Waals surface area contributed by atoms with Crippen LogP contribution >= 0.6 is 34.8 Å². The number of carbonyl (C=O) groups is 1. The molecule has 1 rings (SSSR count). The molecule has 0 aliphatic rings. The molecule has 0 aromatic heterocycles. The molecule has 2 N–H and O–H groups in total. The van der Waals surface area contributed by atoms with E-state index in [-0.39, 0.29) is 26.4 Å². The van der Waals surface area contributed by atoms with Gasteiger partial charge in [0.2, 0.25) is 0 Å². The van der Waals surface area contributed by atoms with Crippen molar-refractivity contribution < 1.29 is 15.0 Å². The predicted molar refractivity (Wildman–Crippen MR) is 59.8 cm³/mol. The molecule has 0 spiro atoms. The van der Waals surface area contributed by atoms with Crippen LogP contribution in [0.2, 0.25) is 15.1 Å². The summed E-state index contributed by atoms with van der Waals surface area (Å²) in [6, 6.07) is 1.28. The number of halogens is 3. The molecule has 80 valence electrons. The predicted octanol–water partition coefficient (Wildman–Crippen LogP) is 3.45. The van der Waals surface area contributed by atoms with Crippen molar-refractivity contribution in [1.29, 1.82) is 0 Å². The van der Waals surface area contributed by atoms with Gasteiger partial charge in [-0.25, -0.2) is 4.79 Å². The molecule has 0 unspecified atom stereocenters. The Bertz CT molecular complexity index is 414. The second-order valence-electron chi connectivity index (χ2n) is 2.59. The Kier molecular flexibility index (Phi) is 3.85. The molecule has 0 atom stereocenters.